The monoisotopic (exact) mass is 268 g/mol. The van der Waals surface area contributed by atoms with E-state index in [9.17, 15) is 9.59 Å². The molecule has 0 aliphatic carbocycles. The van der Waals surface area contributed by atoms with Crippen molar-refractivity contribution in [3.05, 3.63) is 64.2 Å². The van der Waals surface area contributed by atoms with E-state index in [1.807, 2.05) is 30.5 Å². The second-order valence-electron chi connectivity index (χ2n) is 4.35. The van der Waals surface area contributed by atoms with Gasteiger partial charge in [0.25, 0.3) is 11.5 Å². The molecule has 100 valence electrons. The standard InChI is InChI=1S/C14H12N4O2/c19-13-6-5-12(17-18-13)14(20)16-8-9-7-15-11-4-2-1-3-10(9)11/h1-7,15H,8H2,(H,16,20)(H,18,19). The van der Waals surface area contributed by atoms with Gasteiger partial charge in [-0.2, -0.15) is 5.10 Å². The van der Waals surface area contributed by atoms with Crippen molar-refractivity contribution in [3.63, 3.8) is 0 Å². The number of hydrogen-bond donors (Lipinski definition) is 3. The second kappa shape index (κ2) is 5.00. The Balaban J connectivity index is 1.74. The molecule has 0 unspecified atom stereocenters. The zero-order chi connectivity index (χ0) is 13.9. The van der Waals surface area contributed by atoms with Crippen LogP contribution in [0.5, 0.6) is 0 Å². The molecular weight excluding hydrogens is 256 g/mol. The van der Waals surface area contributed by atoms with Gasteiger partial charge >= 0.3 is 0 Å². The Morgan fingerprint density at radius 2 is 2.05 bits per heavy atom. The first-order chi connectivity index (χ1) is 9.74. The van der Waals surface area contributed by atoms with Crippen molar-refractivity contribution in [2.45, 2.75) is 6.54 Å². The van der Waals surface area contributed by atoms with Crippen molar-refractivity contribution < 1.29 is 4.79 Å². The summed E-state index contributed by atoms with van der Waals surface area (Å²) in [6, 6.07) is 10.5. The number of amides is 1. The fourth-order valence-corrected chi connectivity index (χ4v) is 2.01. The first-order valence-electron chi connectivity index (χ1n) is 6.13. The average molecular weight is 268 g/mol. The Labute approximate surface area is 113 Å². The zero-order valence-corrected chi connectivity index (χ0v) is 10.5. The van der Waals surface area contributed by atoms with Crippen LogP contribution in [0.3, 0.4) is 0 Å². The molecule has 6 heteroatoms. The zero-order valence-electron chi connectivity index (χ0n) is 10.5. The lowest BCUT2D eigenvalue weighted by Crippen LogP contribution is -2.25. The highest BCUT2D eigenvalue weighted by Gasteiger charge is 2.08. The molecule has 0 atom stereocenters. The summed E-state index contributed by atoms with van der Waals surface area (Å²) in [5.41, 5.74) is 1.87. The van der Waals surface area contributed by atoms with E-state index in [-0.39, 0.29) is 17.2 Å². The minimum absolute atomic E-state index is 0.185. The number of nitrogens with zero attached hydrogens (tertiary/aromatic N) is 1. The Morgan fingerprint density at radius 1 is 1.20 bits per heavy atom. The number of para-hydroxylation sites is 1. The van der Waals surface area contributed by atoms with Gasteiger partial charge in [0.05, 0.1) is 0 Å². The molecule has 0 saturated heterocycles. The summed E-state index contributed by atoms with van der Waals surface area (Å²) in [6.07, 6.45) is 1.87. The van der Waals surface area contributed by atoms with Gasteiger partial charge in [-0.15, -0.1) is 0 Å². The van der Waals surface area contributed by atoms with Crippen molar-refractivity contribution in [2.75, 3.05) is 0 Å². The Kier molecular flexibility index (Phi) is 3.04. The van der Waals surface area contributed by atoms with Gasteiger partial charge in [0.1, 0.15) is 5.69 Å². The van der Waals surface area contributed by atoms with Crippen molar-refractivity contribution in [1.82, 2.24) is 20.5 Å². The molecule has 0 aliphatic rings. The molecule has 3 rings (SSSR count). The molecule has 0 aliphatic heterocycles. The topological polar surface area (TPSA) is 90.6 Å². The number of H-pyrrole nitrogens is 2. The smallest absolute Gasteiger partial charge is 0.271 e. The fraction of sp³-hybridized carbons (Fsp3) is 0.0714. The molecule has 3 aromatic rings. The number of carbonyl (C=O) groups excluding carboxylic acids is 1. The van der Waals surface area contributed by atoms with Crippen LogP contribution in [0.2, 0.25) is 0 Å². The third-order valence-electron chi connectivity index (χ3n) is 3.03. The van der Waals surface area contributed by atoms with Gasteiger partial charge in [-0.05, 0) is 17.7 Å². The van der Waals surface area contributed by atoms with Gasteiger partial charge in [-0.25, -0.2) is 5.10 Å². The third-order valence-corrected chi connectivity index (χ3v) is 3.03. The molecule has 6 nitrogen and oxygen atoms in total. The Morgan fingerprint density at radius 3 is 2.85 bits per heavy atom. The number of rotatable bonds is 3. The number of aromatic nitrogens is 3. The van der Waals surface area contributed by atoms with Crippen LogP contribution in [0, 0.1) is 0 Å². The van der Waals surface area contributed by atoms with Gasteiger partial charge in [0, 0.05) is 29.7 Å². The van der Waals surface area contributed by atoms with E-state index in [1.54, 1.807) is 0 Å². The van der Waals surface area contributed by atoms with Gasteiger partial charge in [0.15, 0.2) is 0 Å². The van der Waals surface area contributed by atoms with E-state index in [1.165, 1.54) is 12.1 Å². The van der Waals surface area contributed by atoms with E-state index in [2.05, 4.69) is 20.5 Å². The van der Waals surface area contributed by atoms with Crippen molar-refractivity contribution in [1.29, 1.82) is 0 Å². The third kappa shape index (κ3) is 2.31. The first kappa shape index (κ1) is 12.2. The maximum atomic E-state index is 11.9. The van der Waals surface area contributed by atoms with Crippen molar-refractivity contribution >= 4 is 16.8 Å². The first-order valence-corrected chi connectivity index (χ1v) is 6.13. The summed E-state index contributed by atoms with van der Waals surface area (Å²) in [6.45, 7) is 0.393. The normalized spacial score (nSPS) is 10.6. The van der Waals surface area contributed by atoms with Gasteiger partial charge in [-0.1, -0.05) is 18.2 Å². The van der Waals surface area contributed by atoms with Gasteiger partial charge < -0.3 is 10.3 Å². The van der Waals surface area contributed by atoms with Crippen LogP contribution in [-0.4, -0.2) is 21.1 Å². The van der Waals surface area contributed by atoms with E-state index >= 15 is 0 Å². The van der Waals surface area contributed by atoms with Crippen LogP contribution in [0.15, 0.2) is 47.4 Å². The molecule has 0 spiro atoms. The fourth-order valence-electron chi connectivity index (χ4n) is 2.01. The van der Waals surface area contributed by atoms with Crippen LogP contribution in [-0.2, 0) is 6.54 Å². The lowest BCUT2D eigenvalue weighted by Gasteiger charge is -2.03. The molecular formula is C14H12N4O2. The van der Waals surface area contributed by atoms with Crippen LogP contribution >= 0.6 is 0 Å². The minimum Gasteiger partial charge on any atom is -0.361 e. The largest absolute Gasteiger partial charge is 0.361 e. The van der Waals surface area contributed by atoms with Gasteiger partial charge in [0.2, 0.25) is 0 Å². The summed E-state index contributed by atoms with van der Waals surface area (Å²) >= 11 is 0. The maximum Gasteiger partial charge on any atom is 0.271 e. The van der Waals surface area contributed by atoms with E-state index in [0.717, 1.165) is 16.5 Å². The van der Waals surface area contributed by atoms with Crippen LogP contribution in [0.4, 0.5) is 0 Å². The quantitative estimate of drug-likeness (QED) is 0.666. The molecule has 2 heterocycles. The summed E-state index contributed by atoms with van der Waals surface area (Å²) < 4.78 is 0. The second-order valence-corrected chi connectivity index (χ2v) is 4.35. The summed E-state index contributed by atoms with van der Waals surface area (Å²) in [4.78, 5) is 25.9. The van der Waals surface area contributed by atoms with Crippen LogP contribution in [0.1, 0.15) is 16.1 Å². The maximum absolute atomic E-state index is 11.9. The van der Waals surface area contributed by atoms with E-state index < -0.39 is 0 Å². The highest BCUT2D eigenvalue weighted by Crippen LogP contribution is 2.17. The lowest BCUT2D eigenvalue weighted by atomic mass is 10.2. The molecule has 0 radical (unpaired) electrons. The minimum atomic E-state index is -0.335. The van der Waals surface area contributed by atoms with Crippen molar-refractivity contribution in [3.8, 4) is 0 Å². The molecule has 3 N–H and O–H groups in total. The molecule has 0 fully saturated rings. The molecule has 1 amide bonds. The Bertz CT molecular complexity index is 799. The molecule has 2 aromatic heterocycles. The summed E-state index contributed by atoms with van der Waals surface area (Å²) in [5.74, 6) is -0.327. The predicted octanol–water partition coefficient (Wildman–Crippen LogP) is 1.18. The SMILES string of the molecule is O=C(NCc1c[nH]c2ccccc12)c1ccc(=O)[nH]n1. The van der Waals surface area contributed by atoms with Crippen LogP contribution in [0.25, 0.3) is 10.9 Å². The highest BCUT2D eigenvalue weighted by molar-refractivity contribution is 5.92. The summed E-state index contributed by atoms with van der Waals surface area (Å²) in [7, 11) is 0. The van der Waals surface area contributed by atoms with Crippen LogP contribution < -0.4 is 10.9 Å². The number of hydrogen-bond acceptors (Lipinski definition) is 3. The Hall–Kier alpha value is -2.89. The van der Waals surface area contributed by atoms with Crippen molar-refractivity contribution in [2.24, 2.45) is 0 Å². The number of nitrogens with one attached hydrogen (secondary N) is 3. The average Bonchev–Trinajstić information content (AvgIpc) is 2.89. The highest BCUT2D eigenvalue weighted by atomic mass is 16.2. The lowest BCUT2D eigenvalue weighted by molar-refractivity contribution is 0.0945. The molecule has 0 bridgehead atoms. The number of aromatic amines is 2. The van der Waals surface area contributed by atoms with Gasteiger partial charge in [-0.3, -0.25) is 9.59 Å². The molecule has 1 aromatic carbocycles. The molecule has 0 saturated carbocycles. The predicted molar refractivity (Wildman–Crippen MR) is 74.3 cm³/mol. The number of fused-ring (bicyclic) bond motifs is 1. The van der Waals surface area contributed by atoms with E-state index in [0.29, 0.717) is 6.54 Å². The summed E-state index contributed by atoms with van der Waals surface area (Å²) in [5, 5.41) is 9.76. The number of benzene rings is 1. The van der Waals surface area contributed by atoms with E-state index in [4.69, 9.17) is 0 Å². The molecule has 20 heavy (non-hydrogen) atoms. The number of carbonyl (C=O) groups is 1.